The summed E-state index contributed by atoms with van der Waals surface area (Å²) in [5, 5.41) is 18.9. The van der Waals surface area contributed by atoms with Crippen molar-refractivity contribution in [2.24, 2.45) is 0 Å². The van der Waals surface area contributed by atoms with Crippen molar-refractivity contribution in [1.29, 1.82) is 0 Å². The van der Waals surface area contributed by atoms with Crippen LogP contribution in [0.25, 0.3) is 11.5 Å². The first kappa shape index (κ1) is 20.3. The van der Waals surface area contributed by atoms with Gasteiger partial charge in [0.1, 0.15) is 0 Å². The molecule has 9 heteroatoms. The van der Waals surface area contributed by atoms with Gasteiger partial charge in [0.05, 0.1) is 11.0 Å². The van der Waals surface area contributed by atoms with Gasteiger partial charge in [-0.15, -0.1) is 12.4 Å². The fraction of sp³-hybridized carbons (Fsp3) is 0.529. The number of piperazine rings is 1. The molecule has 0 amide bonds. The Morgan fingerprint density at radius 3 is 2.73 bits per heavy atom. The van der Waals surface area contributed by atoms with E-state index in [-0.39, 0.29) is 34.5 Å². The van der Waals surface area contributed by atoms with Crippen LogP contribution in [0.5, 0.6) is 0 Å². The summed E-state index contributed by atoms with van der Waals surface area (Å²) in [4.78, 5) is 17.7. The Bertz CT molecular complexity index is 787. The molecule has 0 radical (unpaired) electrons. The van der Waals surface area contributed by atoms with Crippen LogP contribution in [0.2, 0.25) is 0 Å². The first-order valence-corrected chi connectivity index (χ1v) is 8.31. The number of nitrogens with one attached hydrogen (secondary N) is 1. The zero-order valence-electron chi connectivity index (χ0n) is 15.4. The molecule has 1 aliphatic heterocycles. The largest absolute Gasteiger partial charge is 0.334 e. The molecule has 3 rings (SSSR count). The van der Waals surface area contributed by atoms with Gasteiger partial charge in [-0.25, -0.2) is 0 Å². The van der Waals surface area contributed by atoms with Crippen molar-refractivity contribution in [3.05, 3.63) is 39.7 Å². The molecular formula is C17H24ClN5O3. The van der Waals surface area contributed by atoms with Gasteiger partial charge in [0.25, 0.3) is 11.6 Å². The summed E-state index contributed by atoms with van der Waals surface area (Å²) in [6.45, 7) is 8.43. The van der Waals surface area contributed by atoms with Gasteiger partial charge in [0.15, 0.2) is 5.82 Å². The van der Waals surface area contributed by atoms with Gasteiger partial charge >= 0.3 is 0 Å². The van der Waals surface area contributed by atoms with Crippen LogP contribution in [-0.4, -0.2) is 46.6 Å². The van der Waals surface area contributed by atoms with Crippen LogP contribution < -0.4 is 5.32 Å². The molecule has 1 fully saturated rings. The lowest BCUT2D eigenvalue weighted by molar-refractivity contribution is -0.385. The summed E-state index contributed by atoms with van der Waals surface area (Å²) >= 11 is 0. The second-order valence-corrected chi connectivity index (χ2v) is 7.40. The van der Waals surface area contributed by atoms with Gasteiger partial charge in [0.2, 0.25) is 0 Å². The van der Waals surface area contributed by atoms with Crippen LogP contribution in [0, 0.1) is 10.1 Å². The Morgan fingerprint density at radius 2 is 2.12 bits per heavy atom. The maximum absolute atomic E-state index is 11.5. The van der Waals surface area contributed by atoms with Crippen LogP contribution in [0.4, 0.5) is 5.69 Å². The molecule has 1 unspecified atom stereocenters. The van der Waals surface area contributed by atoms with Crippen molar-refractivity contribution in [2.75, 3.05) is 26.7 Å². The van der Waals surface area contributed by atoms with Gasteiger partial charge in [0, 0.05) is 36.8 Å². The van der Waals surface area contributed by atoms with Crippen molar-refractivity contribution in [1.82, 2.24) is 20.4 Å². The van der Waals surface area contributed by atoms with E-state index >= 15 is 0 Å². The summed E-state index contributed by atoms with van der Waals surface area (Å²) in [7, 11) is 2.02. The number of nitrogens with zero attached hydrogens (tertiary/aromatic N) is 4. The van der Waals surface area contributed by atoms with E-state index in [0.717, 1.165) is 19.6 Å². The standard InChI is InChI=1S/C17H23N5O3.ClH/c1-17(2,3)12-6-5-11(9-13(12)22(23)24)16-19-15(20-25-16)14-10-18-7-8-21(14)4;/h5-6,9,14,18H,7-8,10H2,1-4H3;1H. The number of nitro groups is 1. The minimum atomic E-state index is -0.361. The summed E-state index contributed by atoms with van der Waals surface area (Å²) in [5.41, 5.74) is 0.987. The summed E-state index contributed by atoms with van der Waals surface area (Å²) in [5.74, 6) is 0.893. The highest BCUT2D eigenvalue weighted by Gasteiger charge is 2.28. The van der Waals surface area contributed by atoms with Crippen molar-refractivity contribution in [3.8, 4) is 11.5 Å². The highest BCUT2D eigenvalue weighted by atomic mass is 35.5. The third kappa shape index (κ3) is 4.03. The molecule has 1 aliphatic rings. The first-order chi connectivity index (χ1) is 11.8. The Morgan fingerprint density at radius 1 is 1.38 bits per heavy atom. The summed E-state index contributed by atoms with van der Waals surface area (Å²) in [6.07, 6.45) is 0. The van der Waals surface area contributed by atoms with Crippen LogP contribution in [-0.2, 0) is 5.41 Å². The Labute approximate surface area is 158 Å². The van der Waals surface area contributed by atoms with Gasteiger partial charge < -0.3 is 9.84 Å². The smallest absolute Gasteiger partial charge is 0.273 e. The summed E-state index contributed by atoms with van der Waals surface area (Å²) < 4.78 is 5.37. The molecule has 0 saturated carbocycles. The van der Waals surface area contributed by atoms with Crippen molar-refractivity contribution < 1.29 is 9.45 Å². The molecule has 1 aromatic heterocycles. The predicted molar refractivity (Wildman–Crippen MR) is 101 cm³/mol. The lowest BCUT2D eigenvalue weighted by Gasteiger charge is -2.30. The molecular weight excluding hydrogens is 358 g/mol. The number of nitro benzene ring substituents is 1. The van der Waals surface area contributed by atoms with E-state index in [9.17, 15) is 10.1 Å². The number of hydrogen-bond donors (Lipinski definition) is 1. The first-order valence-electron chi connectivity index (χ1n) is 8.31. The molecule has 1 atom stereocenters. The molecule has 2 aromatic rings. The summed E-state index contributed by atoms with van der Waals surface area (Å²) in [6, 6.07) is 5.12. The number of likely N-dealkylation sites (N-methyl/N-ethyl adjacent to an activating group) is 1. The van der Waals surface area contributed by atoms with E-state index in [1.165, 1.54) is 6.07 Å². The zero-order chi connectivity index (χ0) is 18.2. The maximum Gasteiger partial charge on any atom is 0.273 e. The second-order valence-electron chi connectivity index (χ2n) is 7.40. The number of benzene rings is 1. The monoisotopic (exact) mass is 381 g/mol. The van der Waals surface area contributed by atoms with E-state index in [1.54, 1.807) is 12.1 Å². The predicted octanol–water partition coefficient (Wildman–Crippen LogP) is 2.94. The normalized spacial score (nSPS) is 18.4. The number of aromatic nitrogens is 2. The Balaban J connectivity index is 0.00000243. The number of halogens is 1. The molecule has 0 aliphatic carbocycles. The topological polar surface area (TPSA) is 97.3 Å². The molecule has 26 heavy (non-hydrogen) atoms. The third-order valence-corrected chi connectivity index (χ3v) is 4.50. The molecule has 142 valence electrons. The highest BCUT2D eigenvalue weighted by Crippen LogP contribution is 2.34. The van der Waals surface area contributed by atoms with Crippen molar-refractivity contribution in [3.63, 3.8) is 0 Å². The van der Waals surface area contributed by atoms with E-state index in [2.05, 4.69) is 20.4 Å². The molecule has 1 saturated heterocycles. The molecule has 1 N–H and O–H groups in total. The van der Waals surface area contributed by atoms with E-state index < -0.39 is 0 Å². The Kier molecular flexibility index (Phi) is 6.00. The average molecular weight is 382 g/mol. The molecule has 1 aromatic carbocycles. The lowest BCUT2D eigenvalue weighted by Crippen LogP contribution is -2.44. The van der Waals surface area contributed by atoms with Crippen LogP contribution in [0.1, 0.15) is 38.2 Å². The van der Waals surface area contributed by atoms with Crippen LogP contribution in [0.3, 0.4) is 0 Å². The van der Waals surface area contributed by atoms with Crippen molar-refractivity contribution in [2.45, 2.75) is 32.2 Å². The minimum absolute atomic E-state index is 0. The quantitative estimate of drug-likeness (QED) is 0.644. The molecule has 2 heterocycles. The maximum atomic E-state index is 11.5. The number of hydrogen-bond acceptors (Lipinski definition) is 7. The fourth-order valence-electron chi connectivity index (χ4n) is 3.03. The molecule has 0 spiro atoms. The van der Waals surface area contributed by atoms with Gasteiger partial charge in [-0.05, 0) is 18.5 Å². The van der Waals surface area contributed by atoms with Crippen LogP contribution >= 0.6 is 12.4 Å². The highest BCUT2D eigenvalue weighted by molar-refractivity contribution is 5.85. The number of rotatable bonds is 3. The molecule has 8 nitrogen and oxygen atoms in total. The van der Waals surface area contributed by atoms with Gasteiger partial charge in [-0.1, -0.05) is 32.0 Å². The van der Waals surface area contributed by atoms with E-state index in [0.29, 0.717) is 22.8 Å². The lowest BCUT2D eigenvalue weighted by atomic mass is 9.85. The van der Waals surface area contributed by atoms with Crippen LogP contribution in [0.15, 0.2) is 22.7 Å². The third-order valence-electron chi connectivity index (χ3n) is 4.50. The zero-order valence-corrected chi connectivity index (χ0v) is 16.2. The second kappa shape index (κ2) is 7.69. The van der Waals surface area contributed by atoms with Crippen molar-refractivity contribution >= 4 is 18.1 Å². The average Bonchev–Trinajstić information content (AvgIpc) is 3.03. The van der Waals surface area contributed by atoms with Gasteiger partial charge in [-0.3, -0.25) is 15.0 Å². The van der Waals surface area contributed by atoms with Gasteiger partial charge in [-0.2, -0.15) is 4.98 Å². The fourth-order valence-corrected chi connectivity index (χ4v) is 3.03. The minimum Gasteiger partial charge on any atom is -0.334 e. The molecule has 0 bridgehead atoms. The Hall–Kier alpha value is -2.03. The van der Waals surface area contributed by atoms with E-state index in [4.69, 9.17) is 4.52 Å². The SMILES string of the molecule is CN1CCNCC1c1noc(-c2ccc(C(C)(C)C)c([N+](=O)[O-])c2)n1.Cl. The van der Waals surface area contributed by atoms with E-state index in [1.807, 2.05) is 27.8 Å².